The molecule has 0 atom stereocenters. The van der Waals surface area contributed by atoms with Gasteiger partial charge in [-0.05, 0) is 74.3 Å². The Balaban J connectivity index is 1.30. The standard InChI is InChI=1S/C20H27NOS/c1-14-4-2-3-5-18(14)12-23-13-19(22)21-20-9-15-6-16(10-20)8-17(7-15)11-20/h2-5,15-17H,6-13H2,1H3,(H,21,22). The van der Waals surface area contributed by atoms with Crippen LogP contribution in [0.1, 0.15) is 49.7 Å². The number of carbonyl (C=O) groups excluding carboxylic acids is 1. The number of aryl methyl sites for hydroxylation is 1. The van der Waals surface area contributed by atoms with Crippen molar-refractivity contribution in [1.82, 2.24) is 5.32 Å². The predicted octanol–water partition coefficient (Wildman–Crippen LogP) is 4.31. The molecule has 124 valence electrons. The van der Waals surface area contributed by atoms with E-state index in [0.717, 1.165) is 23.5 Å². The molecule has 2 nitrogen and oxygen atoms in total. The van der Waals surface area contributed by atoms with Crippen LogP contribution in [0.3, 0.4) is 0 Å². The number of hydrogen-bond donors (Lipinski definition) is 1. The van der Waals surface area contributed by atoms with Crippen LogP contribution in [0, 0.1) is 24.7 Å². The van der Waals surface area contributed by atoms with Crippen molar-refractivity contribution in [3.05, 3.63) is 35.4 Å². The third-order valence-electron chi connectivity index (χ3n) is 6.19. The lowest BCUT2D eigenvalue weighted by molar-refractivity contribution is -0.124. The highest BCUT2D eigenvalue weighted by atomic mass is 32.2. The predicted molar refractivity (Wildman–Crippen MR) is 96.4 cm³/mol. The molecule has 1 N–H and O–H groups in total. The first-order valence-corrected chi connectivity index (χ1v) is 10.2. The monoisotopic (exact) mass is 329 g/mol. The molecule has 4 saturated carbocycles. The van der Waals surface area contributed by atoms with E-state index in [-0.39, 0.29) is 11.4 Å². The van der Waals surface area contributed by atoms with Gasteiger partial charge >= 0.3 is 0 Å². The highest BCUT2D eigenvalue weighted by Gasteiger charge is 2.51. The van der Waals surface area contributed by atoms with Gasteiger partial charge < -0.3 is 5.32 Å². The Morgan fingerprint density at radius 2 is 1.74 bits per heavy atom. The quantitative estimate of drug-likeness (QED) is 0.872. The molecule has 0 unspecified atom stereocenters. The molecule has 3 heteroatoms. The second kappa shape index (κ2) is 6.16. The summed E-state index contributed by atoms with van der Waals surface area (Å²) in [4.78, 5) is 12.5. The molecule has 0 radical (unpaired) electrons. The van der Waals surface area contributed by atoms with Gasteiger partial charge in [0.25, 0.3) is 0 Å². The summed E-state index contributed by atoms with van der Waals surface area (Å²) in [6.45, 7) is 2.14. The zero-order chi connectivity index (χ0) is 15.9. The van der Waals surface area contributed by atoms with Crippen molar-refractivity contribution in [2.75, 3.05) is 5.75 Å². The van der Waals surface area contributed by atoms with Crippen molar-refractivity contribution in [2.45, 2.75) is 56.7 Å². The summed E-state index contributed by atoms with van der Waals surface area (Å²) < 4.78 is 0. The van der Waals surface area contributed by atoms with Crippen LogP contribution in [0.2, 0.25) is 0 Å². The van der Waals surface area contributed by atoms with Crippen LogP contribution in [0.15, 0.2) is 24.3 Å². The third kappa shape index (κ3) is 3.31. The van der Waals surface area contributed by atoms with Crippen LogP contribution >= 0.6 is 11.8 Å². The van der Waals surface area contributed by atoms with Gasteiger partial charge in [-0.1, -0.05) is 24.3 Å². The number of benzene rings is 1. The summed E-state index contributed by atoms with van der Waals surface area (Å²) in [7, 11) is 0. The summed E-state index contributed by atoms with van der Waals surface area (Å²) in [5.74, 6) is 4.45. The first-order chi connectivity index (χ1) is 11.1. The summed E-state index contributed by atoms with van der Waals surface area (Å²) >= 11 is 1.75. The molecule has 4 aliphatic rings. The molecule has 1 amide bonds. The molecule has 4 aliphatic carbocycles. The average molecular weight is 330 g/mol. The summed E-state index contributed by atoms with van der Waals surface area (Å²) in [5, 5.41) is 3.47. The number of thioether (sulfide) groups is 1. The summed E-state index contributed by atoms with van der Waals surface area (Å²) in [6, 6.07) is 8.46. The van der Waals surface area contributed by atoms with Crippen LogP contribution in [-0.4, -0.2) is 17.2 Å². The van der Waals surface area contributed by atoms with Crippen molar-refractivity contribution in [3.63, 3.8) is 0 Å². The Morgan fingerprint density at radius 3 is 2.35 bits per heavy atom. The zero-order valence-corrected chi connectivity index (χ0v) is 14.8. The van der Waals surface area contributed by atoms with E-state index >= 15 is 0 Å². The van der Waals surface area contributed by atoms with Crippen molar-refractivity contribution in [3.8, 4) is 0 Å². The minimum Gasteiger partial charge on any atom is -0.350 e. The molecular weight excluding hydrogens is 302 g/mol. The van der Waals surface area contributed by atoms with Gasteiger partial charge in [-0.15, -0.1) is 11.8 Å². The number of amides is 1. The maximum absolute atomic E-state index is 12.5. The van der Waals surface area contributed by atoms with E-state index in [1.54, 1.807) is 11.8 Å². The zero-order valence-electron chi connectivity index (χ0n) is 14.0. The van der Waals surface area contributed by atoms with Gasteiger partial charge in [-0.2, -0.15) is 0 Å². The second-order valence-corrected chi connectivity index (χ2v) is 9.15. The normalized spacial score (nSPS) is 34.6. The van der Waals surface area contributed by atoms with Crippen LogP contribution in [0.5, 0.6) is 0 Å². The largest absolute Gasteiger partial charge is 0.350 e. The molecule has 0 spiro atoms. The highest BCUT2D eigenvalue weighted by Crippen LogP contribution is 2.55. The molecule has 0 saturated heterocycles. The maximum atomic E-state index is 12.5. The van der Waals surface area contributed by atoms with E-state index in [2.05, 4.69) is 36.5 Å². The van der Waals surface area contributed by atoms with Gasteiger partial charge in [0, 0.05) is 11.3 Å². The van der Waals surface area contributed by atoms with E-state index in [9.17, 15) is 4.79 Å². The maximum Gasteiger partial charge on any atom is 0.230 e. The number of nitrogens with one attached hydrogen (secondary N) is 1. The van der Waals surface area contributed by atoms with E-state index in [1.807, 2.05) is 0 Å². The summed E-state index contributed by atoms with van der Waals surface area (Å²) in [6.07, 6.45) is 8.01. The minimum absolute atomic E-state index is 0.162. The highest BCUT2D eigenvalue weighted by molar-refractivity contribution is 7.99. The number of hydrogen-bond acceptors (Lipinski definition) is 2. The van der Waals surface area contributed by atoms with Crippen molar-refractivity contribution < 1.29 is 4.79 Å². The van der Waals surface area contributed by atoms with Gasteiger partial charge in [0.1, 0.15) is 0 Å². The molecule has 4 bridgehead atoms. The Bertz CT molecular complexity index is 562. The average Bonchev–Trinajstić information content (AvgIpc) is 2.47. The molecule has 23 heavy (non-hydrogen) atoms. The molecular formula is C20H27NOS. The lowest BCUT2D eigenvalue weighted by Gasteiger charge is -2.56. The van der Waals surface area contributed by atoms with Gasteiger partial charge in [0.05, 0.1) is 5.75 Å². The van der Waals surface area contributed by atoms with Crippen molar-refractivity contribution in [1.29, 1.82) is 0 Å². The lowest BCUT2D eigenvalue weighted by Crippen LogP contribution is -2.60. The molecule has 4 fully saturated rings. The number of carbonyl (C=O) groups is 1. The fourth-order valence-electron chi connectivity index (χ4n) is 5.62. The van der Waals surface area contributed by atoms with E-state index in [0.29, 0.717) is 5.75 Å². The fraction of sp³-hybridized carbons (Fsp3) is 0.650. The van der Waals surface area contributed by atoms with Gasteiger partial charge in [-0.25, -0.2) is 0 Å². The molecule has 1 aromatic rings. The van der Waals surface area contributed by atoms with Crippen molar-refractivity contribution in [2.24, 2.45) is 17.8 Å². The van der Waals surface area contributed by atoms with Gasteiger partial charge in [-0.3, -0.25) is 4.79 Å². The van der Waals surface area contributed by atoms with E-state index < -0.39 is 0 Å². The molecule has 0 aromatic heterocycles. The summed E-state index contributed by atoms with van der Waals surface area (Å²) in [5.41, 5.74) is 2.83. The molecule has 1 aromatic carbocycles. The van der Waals surface area contributed by atoms with Crippen LogP contribution in [0.4, 0.5) is 0 Å². The Labute approximate surface area is 143 Å². The fourth-order valence-corrected chi connectivity index (χ4v) is 6.52. The SMILES string of the molecule is Cc1ccccc1CSCC(=O)NC12CC3CC(CC(C3)C1)C2. The van der Waals surface area contributed by atoms with Crippen molar-refractivity contribution >= 4 is 17.7 Å². The number of rotatable bonds is 5. The first-order valence-electron chi connectivity index (χ1n) is 9.05. The molecule has 0 aliphatic heterocycles. The molecule has 5 rings (SSSR count). The van der Waals surface area contributed by atoms with Crippen LogP contribution < -0.4 is 5.32 Å². The lowest BCUT2D eigenvalue weighted by atomic mass is 9.53. The first kappa shape index (κ1) is 15.6. The van der Waals surface area contributed by atoms with E-state index in [1.165, 1.54) is 49.7 Å². The van der Waals surface area contributed by atoms with Gasteiger partial charge in [0.2, 0.25) is 5.91 Å². The van der Waals surface area contributed by atoms with Crippen LogP contribution in [-0.2, 0) is 10.5 Å². The minimum atomic E-state index is 0.162. The smallest absolute Gasteiger partial charge is 0.230 e. The molecule has 0 heterocycles. The topological polar surface area (TPSA) is 29.1 Å². The Morgan fingerprint density at radius 1 is 1.13 bits per heavy atom. The Kier molecular flexibility index (Phi) is 4.17. The second-order valence-electron chi connectivity index (χ2n) is 8.17. The Hall–Kier alpha value is -0.960. The third-order valence-corrected chi connectivity index (χ3v) is 7.18. The van der Waals surface area contributed by atoms with Gasteiger partial charge in [0.15, 0.2) is 0 Å². The van der Waals surface area contributed by atoms with E-state index in [4.69, 9.17) is 0 Å². The van der Waals surface area contributed by atoms with Crippen LogP contribution in [0.25, 0.3) is 0 Å².